The second kappa shape index (κ2) is 8.19. The third-order valence-electron chi connectivity index (χ3n) is 2.90. The van der Waals surface area contributed by atoms with Gasteiger partial charge in [0.25, 0.3) is 0 Å². The number of nitrogens with two attached hydrogens (primary N) is 1. The monoisotopic (exact) mass is 289 g/mol. The molecular weight excluding hydrogens is 270 g/mol. The van der Waals surface area contributed by atoms with Gasteiger partial charge in [-0.15, -0.1) is 11.6 Å². The average Bonchev–Trinajstić information content (AvgIpc) is 2.39. The number of ether oxygens (including phenoxy) is 3. The van der Waals surface area contributed by atoms with Crippen LogP contribution in [0.25, 0.3) is 0 Å². The lowest BCUT2D eigenvalue weighted by atomic mass is 9.90. The molecule has 1 aliphatic carbocycles. The summed E-state index contributed by atoms with van der Waals surface area (Å²) in [4.78, 5) is 11.0. The van der Waals surface area contributed by atoms with Crippen molar-refractivity contribution in [2.24, 2.45) is 11.7 Å². The molecule has 0 fully saturated rings. The molecule has 1 amide bonds. The molecule has 2 unspecified atom stereocenters. The number of halogens is 1. The largest absolute Gasteiger partial charge is 0.444 e. The fourth-order valence-electron chi connectivity index (χ4n) is 2.03. The summed E-state index contributed by atoms with van der Waals surface area (Å²) >= 11 is 6.26. The number of carbonyl (C=O) groups is 1. The van der Waals surface area contributed by atoms with Crippen molar-refractivity contribution in [3.8, 4) is 0 Å². The van der Waals surface area contributed by atoms with Crippen molar-refractivity contribution >= 4 is 17.7 Å². The molecule has 2 N–H and O–H groups in total. The summed E-state index contributed by atoms with van der Waals surface area (Å²) in [6.45, 7) is 1.99. The van der Waals surface area contributed by atoms with Crippen LogP contribution in [-0.4, -0.2) is 37.6 Å². The smallest absolute Gasteiger partial charge is 0.404 e. The molecule has 0 spiro atoms. The van der Waals surface area contributed by atoms with Gasteiger partial charge >= 0.3 is 6.09 Å². The van der Waals surface area contributed by atoms with E-state index < -0.39 is 18.3 Å². The number of allylic oxidation sites excluding steroid dienone is 3. The Morgan fingerprint density at radius 2 is 2.11 bits per heavy atom. The molecule has 5 nitrogen and oxygen atoms in total. The minimum atomic E-state index is -0.820. The number of alkyl halides is 1. The molecule has 0 heterocycles. The zero-order valence-electron chi connectivity index (χ0n) is 11.1. The van der Waals surface area contributed by atoms with Crippen molar-refractivity contribution in [1.82, 2.24) is 0 Å². The topological polar surface area (TPSA) is 70.8 Å². The van der Waals surface area contributed by atoms with Gasteiger partial charge in [0.1, 0.15) is 19.0 Å². The molecule has 1 rings (SSSR count). The van der Waals surface area contributed by atoms with Crippen molar-refractivity contribution in [2.75, 3.05) is 13.9 Å². The average molecular weight is 290 g/mol. The molecule has 0 radical (unpaired) electrons. The maximum atomic E-state index is 11.0. The molecule has 108 valence electrons. The summed E-state index contributed by atoms with van der Waals surface area (Å²) in [5.74, 6) is -0.105. The Morgan fingerprint density at radius 1 is 1.42 bits per heavy atom. The Balaban J connectivity index is 2.82. The summed E-state index contributed by atoms with van der Waals surface area (Å²) < 4.78 is 15.7. The molecule has 6 heteroatoms. The van der Waals surface area contributed by atoms with E-state index in [1.54, 1.807) is 0 Å². The number of primary amides is 1. The van der Waals surface area contributed by atoms with Crippen LogP contribution in [0.1, 0.15) is 13.3 Å². The van der Waals surface area contributed by atoms with Gasteiger partial charge in [-0.05, 0) is 6.42 Å². The van der Waals surface area contributed by atoms with Crippen LogP contribution in [0.15, 0.2) is 24.3 Å². The standard InChI is InChI=1S/C13H20ClNO4/c1-3-11(19-13(15)16)12(18-8-17-2)9-6-4-5-7-10(9)14/h4-7,9-12H,3,8H2,1-2H3,(H2,15,16)/t9?,10?,11-,12-/m1/s1. The van der Waals surface area contributed by atoms with E-state index in [-0.39, 0.29) is 18.1 Å². The molecule has 0 aromatic carbocycles. The summed E-state index contributed by atoms with van der Waals surface area (Å²) in [6.07, 6.45) is 6.46. The van der Waals surface area contributed by atoms with E-state index in [9.17, 15) is 4.79 Å². The number of rotatable bonds is 7. The van der Waals surface area contributed by atoms with Gasteiger partial charge in [-0.25, -0.2) is 4.79 Å². The van der Waals surface area contributed by atoms with Crippen molar-refractivity contribution in [1.29, 1.82) is 0 Å². The van der Waals surface area contributed by atoms with Crippen LogP contribution in [-0.2, 0) is 14.2 Å². The number of hydrogen-bond acceptors (Lipinski definition) is 4. The molecule has 1 aliphatic rings. The summed E-state index contributed by atoms with van der Waals surface area (Å²) in [6, 6.07) is 0. The van der Waals surface area contributed by atoms with Crippen molar-refractivity contribution in [3.63, 3.8) is 0 Å². The van der Waals surface area contributed by atoms with E-state index in [2.05, 4.69) is 0 Å². The number of amides is 1. The first kappa shape index (κ1) is 16.0. The maximum absolute atomic E-state index is 11.0. The van der Waals surface area contributed by atoms with E-state index in [4.69, 9.17) is 31.5 Å². The lowest BCUT2D eigenvalue weighted by Crippen LogP contribution is -2.43. The van der Waals surface area contributed by atoms with Crippen LogP contribution in [0, 0.1) is 5.92 Å². The predicted molar refractivity (Wildman–Crippen MR) is 72.9 cm³/mol. The van der Waals surface area contributed by atoms with E-state index in [1.165, 1.54) is 7.11 Å². The van der Waals surface area contributed by atoms with E-state index >= 15 is 0 Å². The highest BCUT2D eigenvalue weighted by Gasteiger charge is 2.34. The summed E-state index contributed by atoms with van der Waals surface area (Å²) in [7, 11) is 1.53. The quantitative estimate of drug-likeness (QED) is 0.576. The van der Waals surface area contributed by atoms with Gasteiger partial charge in [0.05, 0.1) is 5.38 Å². The first-order chi connectivity index (χ1) is 9.10. The highest BCUT2D eigenvalue weighted by Crippen LogP contribution is 2.28. The lowest BCUT2D eigenvalue weighted by Gasteiger charge is -2.33. The molecule has 0 aromatic rings. The number of hydrogen-bond donors (Lipinski definition) is 1. The van der Waals surface area contributed by atoms with E-state index in [1.807, 2.05) is 31.2 Å². The van der Waals surface area contributed by atoms with Crippen LogP contribution in [0.4, 0.5) is 4.79 Å². The van der Waals surface area contributed by atoms with Crippen molar-refractivity contribution in [3.05, 3.63) is 24.3 Å². The van der Waals surface area contributed by atoms with Crippen molar-refractivity contribution < 1.29 is 19.0 Å². The van der Waals surface area contributed by atoms with Crippen LogP contribution >= 0.6 is 11.6 Å². The van der Waals surface area contributed by atoms with Gasteiger partial charge in [0.2, 0.25) is 0 Å². The molecular formula is C13H20ClNO4. The molecule has 0 aliphatic heterocycles. The van der Waals surface area contributed by atoms with E-state index in [0.29, 0.717) is 6.42 Å². The summed E-state index contributed by atoms with van der Waals surface area (Å²) in [5.41, 5.74) is 5.09. The first-order valence-electron chi connectivity index (χ1n) is 6.15. The fraction of sp³-hybridized carbons (Fsp3) is 0.615. The Kier molecular flexibility index (Phi) is 6.91. The Bertz CT molecular complexity index is 346. The molecule has 0 saturated carbocycles. The first-order valence-corrected chi connectivity index (χ1v) is 6.59. The van der Waals surface area contributed by atoms with Gasteiger partial charge in [-0.1, -0.05) is 31.2 Å². The molecule has 0 bridgehead atoms. The van der Waals surface area contributed by atoms with E-state index in [0.717, 1.165) is 0 Å². The molecule has 19 heavy (non-hydrogen) atoms. The van der Waals surface area contributed by atoms with Crippen LogP contribution in [0.5, 0.6) is 0 Å². The Morgan fingerprint density at radius 3 is 2.63 bits per heavy atom. The molecule has 4 atom stereocenters. The van der Waals surface area contributed by atoms with Crippen LogP contribution in [0.2, 0.25) is 0 Å². The third-order valence-corrected chi connectivity index (χ3v) is 3.34. The zero-order valence-corrected chi connectivity index (χ0v) is 11.9. The second-order valence-electron chi connectivity index (χ2n) is 4.21. The second-order valence-corrected chi connectivity index (χ2v) is 4.72. The van der Waals surface area contributed by atoms with Crippen LogP contribution in [0.3, 0.4) is 0 Å². The Labute approximate surface area is 118 Å². The third kappa shape index (κ3) is 4.86. The van der Waals surface area contributed by atoms with Gasteiger partial charge < -0.3 is 19.9 Å². The minimum absolute atomic E-state index is 0.0982. The fourth-order valence-corrected chi connectivity index (χ4v) is 2.34. The van der Waals surface area contributed by atoms with Gasteiger partial charge in [0, 0.05) is 13.0 Å². The summed E-state index contributed by atoms with van der Waals surface area (Å²) in [5, 5.41) is -0.225. The lowest BCUT2D eigenvalue weighted by molar-refractivity contribution is -0.126. The van der Waals surface area contributed by atoms with Gasteiger partial charge in [-0.3, -0.25) is 0 Å². The van der Waals surface area contributed by atoms with Crippen molar-refractivity contribution in [2.45, 2.75) is 30.9 Å². The minimum Gasteiger partial charge on any atom is -0.444 e. The number of methoxy groups -OCH3 is 1. The zero-order chi connectivity index (χ0) is 14.3. The molecule has 0 aromatic heterocycles. The normalized spacial score (nSPS) is 25.0. The van der Waals surface area contributed by atoms with Crippen LogP contribution < -0.4 is 5.73 Å². The highest BCUT2D eigenvalue weighted by atomic mass is 35.5. The van der Waals surface area contributed by atoms with Gasteiger partial charge in [-0.2, -0.15) is 0 Å². The highest BCUT2D eigenvalue weighted by molar-refractivity contribution is 6.22. The Hall–Kier alpha value is -1.04. The number of carbonyl (C=O) groups excluding carboxylic acids is 1. The molecule has 0 saturated heterocycles. The van der Waals surface area contributed by atoms with Gasteiger partial charge in [0.15, 0.2) is 0 Å². The predicted octanol–water partition coefficient (Wildman–Crippen LogP) is 2.20. The maximum Gasteiger partial charge on any atom is 0.404 e. The SMILES string of the molecule is CC[C@@H](OC(N)=O)[C@H](OCOC)C1C=CC=CC1Cl.